The van der Waals surface area contributed by atoms with E-state index in [4.69, 9.17) is 18.9 Å². The highest BCUT2D eigenvalue weighted by Gasteiger charge is 2.57. The van der Waals surface area contributed by atoms with Gasteiger partial charge < -0.3 is 23.8 Å². The third-order valence-electron chi connectivity index (χ3n) is 5.89. The van der Waals surface area contributed by atoms with E-state index in [1.807, 2.05) is 0 Å². The first kappa shape index (κ1) is 26.6. The molecular weight excluding hydrogens is 539 g/mol. The fraction of sp³-hybridized carbons (Fsp3) is 0.435. The monoisotopic (exact) mass is 561 g/mol. The molecule has 0 radical (unpaired) electrons. The Labute approximate surface area is 207 Å². The van der Waals surface area contributed by atoms with E-state index in [0.29, 0.717) is 26.4 Å². The Kier molecular flexibility index (Phi) is 7.53. The molecular formula is C23H23BrF3NO7. The number of carbonyl (C=O) groups excluding carboxylic acids is 3. The fourth-order valence-electron chi connectivity index (χ4n) is 4.40. The Morgan fingerprint density at radius 2 is 1.77 bits per heavy atom. The lowest BCUT2D eigenvalue weighted by atomic mass is 9.73. The number of hydrogen-bond donors (Lipinski definition) is 0. The first-order chi connectivity index (χ1) is 16.4. The second-order valence-electron chi connectivity index (χ2n) is 7.90. The molecule has 8 nitrogen and oxygen atoms in total. The summed E-state index contributed by atoms with van der Waals surface area (Å²) in [5.74, 6) is -2.96. The standard InChI is InChI=1S/C23H23BrF3NO7/c1-12(29)35-22-11-19(34-4)16(30)9-14(22)5-6-28(21(31)23(25,26)27)20(22)8-13-7-17(32-2)18(33-3)10-15(13)24/h7,9-11,20H,5-6,8H2,1-4H3. The number of allylic oxidation sites excluding steroid dienone is 1. The van der Waals surface area contributed by atoms with Crippen molar-refractivity contribution in [2.24, 2.45) is 0 Å². The summed E-state index contributed by atoms with van der Waals surface area (Å²) in [6.45, 7) is 0.753. The number of halogens is 4. The van der Waals surface area contributed by atoms with Gasteiger partial charge in [-0.3, -0.25) is 14.4 Å². The van der Waals surface area contributed by atoms with Crippen molar-refractivity contribution in [3.05, 3.63) is 45.7 Å². The van der Waals surface area contributed by atoms with Crippen molar-refractivity contribution in [1.82, 2.24) is 4.90 Å². The van der Waals surface area contributed by atoms with Crippen molar-refractivity contribution in [2.45, 2.75) is 37.6 Å². The van der Waals surface area contributed by atoms with E-state index in [0.717, 1.165) is 6.92 Å². The lowest BCUT2D eigenvalue weighted by Gasteiger charge is -2.50. The number of esters is 1. The molecule has 190 valence electrons. The van der Waals surface area contributed by atoms with Crippen LogP contribution >= 0.6 is 15.9 Å². The number of ether oxygens (including phenoxy) is 4. The summed E-state index contributed by atoms with van der Waals surface area (Å²) in [5.41, 5.74) is -1.15. The fourth-order valence-corrected chi connectivity index (χ4v) is 4.88. The molecule has 1 saturated heterocycles. The molecule has 3 rings (SSSR count). The molecule has 0 bridgehead atoms. The smallest absolute Gasteiger partial charge is 0.471 e. The average Bonchev–Trinajstić information content (AvgIpc) is 2.79. The Morgan fingerprint density at radius 3 is 2.31 bits per heavy atom. The topological polar surface area (TPSA) is 91.4 Å². The van der Waals surface area contributed by atoms with Crippen molar-refractivity contribution in [2.75, 3.05) is 27.9 Å². The van der Waals surface area contributed by atoms with Crippen LogP contribution in [0.5, 0.6) is 11.5 Å². The predicted octanol–water partition coefficient (Wildman–Crippen LogP) is 3.51. The number of piperidine rings is 1. The van der Waals surface area contributed by atoms with Crippen LogP contribution in [0.2, 0.25) is 0 Å². The molecule has 1 aromatic rings. The number of ketones is 1. The molecule has 2 aliphatic rings. The van der Waals surface area contributed by atoms with Crippen LogP contribution in [0.25, 0.3) is 0 Å². The number of benzene rings is 1. The third-order valence-corrected chi connectivity index (χ3v) is 6.63. The van der Waals surface area contributed by atoms with E-state index < -0.39 is 35.5 Å². The van der Waals surface area contributed by atoms with Gasteiger partial charge in [-0.15, -0.1) is 0 Å². The minimum Gasteiger partial charge on any atom is -0.493 e. The van der Waals surface area contributed by atoms with Crippen LogP contribution in [0.1, 0.15) is 18.9 Å². The number of alkyl halides is 3. The Balaban J connectivity index is 2.24. The van der Waals surface area contributed by atoms with E-state index in [-0.39, 0.29) is 30.7 Å². The minimum atomic E-state index is -5.18. The number of likely N-dealkylation sites (tertiary alicyclic amines) is 1. The zero-order valence-corrected chi connectivity index (χ0v) is 20.9. The Bertz CT molecular complexity index is 1120. The maximum absolute atomic E-state index is 13.6. The summed E-state index contributed by atoms with van der Waals surface area (Å²) in [5, 5.41) is 0. The number of amides is 1. The zero-order valence-electron chi connectivity index (χ0n) is 19.3. The van der Waals surface area contributed by atoms with Gasteiger partial charge in [0.25, 0.3) is 0 Å². The molecule has 0 spiro atoms. The molecule has 0 N–H and O–H groups in total. The minimum absolute atomic E-state index is 0.113. The van der Waals surface area contributed by atoms with Gasteiger partial charge in [0.15, 0.2) is 22.9 Å². The molecule has 1 aliphatic carbocycles. The van der Waals surface area contributed by atoms with Crippen LogP contribution in [0, 0.1) is 0 Å². The predicted molar refractivity (Wildman–Crippen MR) is 120 cm³/mol. The van der Waals surface area contributed by atoms with Gasteiger partial charge in [0, 0.05) is 24.0 Å². The van der Waals surface area contributed by atoms with Crippen LogP contribution in [0.3, 0.4) is 0 Å². The number of nitrogens with zero attached hydrogens (tertiary/aromatic N) is 1. The summed E-state index contributed by atoms with van der Waals surface area (Å²) >= 11 is 3.39. The second-order valence-corrected chi connectivity index (χ2v) is 8.75. The van der Waals surface area contributed by atoms with Gasteiger partial charge in [0.2, 0.25) is 5.78 Å². The summed E-state index contributed by atoms with van der Waals surface area (Å²) in [6, 6.07) is 1.75. The molecule has 1 fully saturated rings. The summed E-state index contributed by atoms with van der Waals surface area (Å²) in [7, 11) is 4.04. The van der Waals surface area contributed by atoms with Gasteiger partial charge in [-0.1, -0.05) is 15.9 Å². The van der Waals surface area contributed by atoms with E-state index in [1.165, 1.54) is 33.5 Å². The maximum atomic E-state index is 13.6. The van der Waals surface area contributed by atoms with Crippen molar-refractivity contribution in [1.29, 1.82) is 0 Å². The van der Waals surface area contributed by atoms with Gasteiger partial charge in [0.1, 0.15) is 0 Å². The Hall–Kier alpha value is -3.02. The summed E-state index contributed by atoms with van der Waals surface area (Å²) < 4.78 is 62.6. The molecule has 1 amide bonds. The largest absolute Gasteiger partial charge is 0.493 e. The molecule has 12 heteroatoms. The van der Waals surface area contributed by atoms with Crippen molar-refractivity contribution in [3.63, 3.8) is 0 Å². The van der Waals surface area contributed by atoms with E-state index in [9.17, 15) is 27.6 Å². The SMILES string of the molecule is COC1=CC2(OC(C)=O)C(=CC1=O)CCN(C(=O)C(F)(F)F)C2Cc1cc(OC)c(OC)cc1Br. The summed E-state index contributed by atoms with van der Waals surface area (Å²) in [6.07, 6.45) is -3.12. The number of fused-ring (bicyclic) bond motifs is 1. The average molecular weight is 562 g/mol. The number of methoxy groups -OCH3 is 3. The normalized spacial score (nSPS) is 22.0. The molecule has 1 heterocycles. The van der Waals surface area contributed by atoms with Crippen molar-refractivity contribution < 1.29 is 46.5 Å². The van der Waals surface area contributed by atoms with E-state index in [1.54, 1.807) is 12.1 Å². The van der Waals surface area contributed by atoms with Gasteiger partial charge >= 0.3 is 18.1 Å². The highest BCUT2D eigenvalue weighted by molar-refractivity contribution is 9.10. The van der Waals surface area contributed by atoms with Crippen LogP contribution in [0.4, 0.5) is 13.2 Å². The molecule has 35 heavy (non-hydrogen) atoms. The first-order valence-electron chi connectivity index (χ1n) is 10.4. The van der Waals surface area contributed by atoms with Gasteiger partial charge in [-0.05, 0) is 42.2 Å². The Morgan fingerprint density at radius 1 is 1.14 bits per heavy atom. The lowest BCUT2D eigenvalue weighted by Crippen LogP contribution is -2.64. The molecule has 0 aromatic heterocycles. The van der Waals surface area contributed by atoms with E-state index in [2.05, 4.69) is 15.9 Å². The molecule has 1 aliphatic heterocycles. The second kappa shape index (κ2) is 9.92. The molecule has 1 aromatic carbocycles. The molecule has 2 atom stereocenters. The maximum Gasteiger partial charge on any atom is 0.471 e. The highest BCUT2D eigenvalue weighted by atomic mass is 79.9. The van der Waals surface area contributed by atoms with Crippen molar-refractivity contribution in [3.8, 4) is 11.5 Å². The number of rotatable bonds is 6. The van der Waals surface area contributed by atoms with Gasteiger partial charge in [-0.2, -0.15) is 13.2 Å². The molecule has 0 saturated carbocycles. The third kappa shape index (κ3) is 5.02. The van der Waals surface area contributed by atoms with Crippen LogP contribution in [-0.4, -0.2) is 68.3 Å². The lowest BCUT2D eigenvalue weighted by molar-refractivity contribution is -0.195. The molecule has 2 unspecified atom stereocenters. The van der Waals surface area contributed by atoms with E-state index >= 15 is 0 Å². The zero-order chi connectivity index (χ0) is 26.1. The van der Waals surface area contributed by atoms with Gasteiger partial charge in [-0.25, -0.2) is 0 Å². The highest BCUT2D eigenvalue weighted by Crippen LogP contribution is 2.45. The number of hydrogen-bond acceptors (Lipinski definition) is 7. The quantitative estimate of drug-likeness (QED) is 0.491. The van der Waals surface area contributed by atoms with Crippen LogP contribution in [0.15, 0.2) is 40.1 Å². The van der Waals surface area contributed by atoms with Crippen LogP contribution < -0.4 is 9.47 Å². The number of carbonyl (C=O) groups is 3. The summed E-state index contributed by atoms with van der Waals surface area (Å²) in [4.78, 5) is 37.8. The first-order valence-corrected chi connectivity index (χ1v) is 11.2. The van der Waals surface area contributed by atoms with Crippen molar-refractivity contribution >= 4 is 33.6 Å². The van der Waals surface area contributed by atoms with Crippen LogP contribution in [-0.2, 0) is 30.3 Å². The van der Waals surface area contributed by atoms with Gasteiger partial charge in [0.05, 0.1) is 27.4 Å².